The molecule has 1 saturated carbocycles. The van der Waals surface area contributed by atoms with Crippen molar-refractivity contribution in [3.63, 3.8) is 0 Å². The molecule has 2 aromatic heterocycles. The summed E-state index contributed by atoms with van der Waals surface area (Å²) in [7, 11) is 0. The molecule has 0 bridgehead atoms. The number of hydrogen-bond acceptors (Lipinski definition) is 4. The molecule has 3 rings (SSSR count). The Kier molecular flexibility index (Phi) is 4.11. The maximum Gasteiger partial charge on any atom is 0.0867 e. The predicted molar refractivity (Wildman–Crippen MR) is 76.2 cm³/mol. The Bertz CT molecular complexity index is 537. The van der Waals surface area contributed by atoms with E-state index in [1.807, 2.05) is 10.9 Å². The lowest BCUT2D eigenvalue weighted by Gasteiger charge is -2.08. The van der Waals surface area contributed by atoms with E-state index in [0.29, 0.717) is 19.1 Å². The Morgan fingerprint density at radius 2 is 2.10 bits per heavy atom. The van der Waals surface area contributed by atoms with Crippen molar-refractivity contribution in [2.45, 2.75) is 51.1 Å². The highest BCUT2D eigenvalue weighted by Gasteiger charge is 2.17. The molecule has 20 heavy (non-hydrogen) atoms. The first-order valence-corrected chi connectivity index (χ1v) is 7.48. The maximum absolute atomic E-state index is 5.50. The fourth-order valence-electron chi connectivity index (χ4n) is 2.81. The standard InChI is InChI=1S/C14H22N6/c15-8-3-4-12-10-19(18-16-12)11-13-7-9-20(17-13)14-5-1-2-6-14/h7,9-10,14H,1-6,8,11,15H2. The predicted octanol–water partition coefficient (Wildman–Crippen LogP) is 1.53. The van der Waals surface area contributed by atoms with Gasteiger partial charge in [0.05, 0.1) is 24.0 Å². The molecule has 1 aliphatic rings. The summed E-state index contributed by atoms with van der Waals surface area (Å²) < 4.78 is 3.97. The molecule has 108 valence electrons. The number of rotatable bonds is 6. The Morgan fingerprint density at radius 1 is 1.25 bits per heavy atom. The van der Waals surface area contributed by atoms with E-state index < -0.39 is 0 Å². The minimum absolute atomic E-state index is 0.597. The Labute approximate surface area is 119 Å². The Morgan fingerprint density at radius 3 is 2.90 bits per heavy atom. The van der Waals surface area contributed by atoms with E-state index in [0.717, 1.165) is 24.2 Å². The van der Waals surface area contributed by atoms with Gasteiger partial charge < -0.3 is 5.73 Å². The van der Waals surface area contributed by atoms with E-state index in [9.17, 15) is 0 Å². The van der Waals surface area contributed by atoms with Gasteiger partial charge in [0.25, 0.3) is 0 Å². The van der Waals surface area contributed by atoms with E-state index in [1.54, 1.807) is 0 Å². The molecule has 0 saturated heterocycles. The van der Waals surface area contributed by atoms with Crippen LogP contribution in [0.25, 0.3) is 0 Å². The highest BCUT2D eigenvalue weighted by Crippen LogP contribution is 2.28. The fourth-order valence-corrected chi connectivity index (χ4v) is 2.81. The van der Waals surface area contributed by atoms with Crippen molar-refractivity contribution in [1.82, 2.24) is 24.8 Å². The molecule has 6 nitrogen and oxygen atoms in total. The second-order valence-electron chi connectivity index (χ2n) is 5.53. The van der Waals surface area contributed by atoms with Crippen LogP contribution in [0.2, 0.25) is 0 Å². The van der Waals surface area contributed by atoms with Gasteiger partial charge >= 0.3 is 0 Å². The van der Waals surface area contributed by atoms with Crippen LogP contribution >= 0.6 is 0 Å². The van der Waals surface area contributed by atoms with E-state index in [-0.39, 0.29) is 0 Å². The summed E-state index contributed by atoms with van der Waals surface area (Å²) in [6.45, 7) is 1.38. The lowest BCUT2D eigenvalue weighted by Crippen LogP contribution is -2.07. The van der Waals surface area contributed by atoms with Crippen molar-refractivity contribution in [1.29, 1.82) is 0 Å². The van der Waals surface area contributed by atoms with Gasteiger partial charge in [0.15, 0.2) is 0 Å². The second kappa shape index (κ2) is 6.17. The van der Waals surface area contributed by atoms with E-state index in [4.69, 9.17) is 5.73 Å². The molecule has 0 aromatic carbocycles. The molecule has 0 radical (unpaired) electrons. The van der Waals surface area contributed by atoms with Crippen LogP contribution in [0.1, 0.15) is 49.5 Å². The van der Waals surface area contributed by atoms with E-state index in [1.165, 1.54) is 25.7 Å². The first kappa shape index (κ1) is 13.3. The van der Waals surface area contributed by atoms with Crippen molar-refractivity contribution in [2.24, 2.45) is 5.73 Å². The monoisotopic (exact) mass is 274 g/mol. The molecule has 0 unspecified atom stereocenters. The second-order valence-corrected chi connectivity index (χ2v) is 5.53. The zero-order chi connectivity index (χ0) is 13.8. The number of hydrogen-bond donors (Lipinski definition) is 1. The minimum Gasteiger partial charge on any atom is -0.330 e. The van der Waals surface area contributed by atoms with Crippen molar-refractivity contribution < 1.29 is 0 Å². The zero-order valence-electron chi connectivity index (χ0n) is 11.8. The summed E-state index contributed by atoms with van der Waals surface area (Å²) in [5, 5.41) is 13.0. The smallest absolute Gasteiger partial charge is 0.0867 e. The SMILES string of the molecule is NCCCc1cn(Cc2ccn(C3CCCC3)n2)nn1. The number of nitrogens with zero attached hydrogens (tertiary/aromatic N) is 5. The van der Waals surface area contributed by atoms with Crippen LogP contribution in [-0.2, 0) is 13.0 Å². The summed E-state index contributed by atoms with van der Waals surface area (Å²) >= 11 is 0. The van der Waals surface area contributed by atoms with Gasteiger partial charge in [0.1, 0.15) is 0 Å². The third-order valence-electron chi connectivity index (χ3n) is 3.91. The average molecular weight is 274 g/mol. The zero-order valence-corrected chi connectivity index (χ0v) is 11.8. The normalized spacial score (nSPS) is 16.1. The summed E-state index contributed by atoms with van der Waals surface area (Å²) in [4.78, 5) is 0. The van der Waals surface area contributed by atoms with Crippen LogP contribution in [0.15, 0.2) is 18.5 Å². The topological polar surface area (TPSA) is 74.5 Å². The van der Waals surface area contributed by atoms with Crippen molar-refractivity contribution in [2.75, 3.05) is 6.54 Å². The maximum atomic E-state index is 5.50. The first-order chi connectivity index (χ1) is 9.85. The Hall–Kier alpha value is -1.69. The van der Waals surface area contributed by atoms with Crippen LogP contribution in [0.4, 0.5) is 0 Å². The van der Waals surface area contributed by atoms with Crippen molar-refractivity contribution in [3.05, 3.63) is 29.8 Å². The summed E-state index contributed by atoms with van der Waals surface area (Å²) in [5.41, 5.74) is 7.56. The highest BCUT2D eigenvalue weighted by atomic mass is 15.4. The fraction of sp³-hybridized carbons (Fsp3) is 0.643. The number of aryl methyl sites for hydroxylation is 1. The van der Waals surface area contributed by atoms with Crippen molar-refractivity contribution in [3.8, 4) is 0 Å². The van der Waals surface area contributed by atoms with Gasteiger partial charge in [-0.3, -0.25) is 4.68 Å². The lowest BCUT2D eigenvalue weighted by atomic mass is 10.2. The van der Waals surface area contributed by atoms with Gasteiger partial charge in [0, 0.05) is 12.4 Å². The average Bonchev–Trinajstić information content (AvgIpc) is 3.18. The van der Waals surface area contributed by atoms with Crippen LogP contribution in [0, 0.1) is 0 Å². The first-order valence-electron chi connectivity index (χ1n) is 7.48. The van der Waals surface area contributed by atoms with Crippen LogP contribution in [0.3, 0.4) is 0 Å². The summed E-state index contributed by atoms with van der Waals surface area (Å²) in [5.74, 6) is 0. The molecular weight excluding hydrogens is 252 g/mol. The number of aromatic nitrogens is 5. The van der Waals surface area contributed by atoms with Crippen LogP contribution in [-0.4, -0.2) is 31.3 Å². The Balaban J connectivity index is 1.61. The van der Waals surface area contributed by atoms with Crippen LogP contribution < -0.4 is 5.73 Å². The van der Waals surface area contributed by atoms with E-state index in [2.05, 4.69) is 32.4 Å². The minimum atomic E-state index is 0.597. The molecule has 6 heteroatoms. The lowest BCUT2D eigenvalue weighted by molar-refractivity contribution is 0.460. The molecule has 2 aromatic rings. The van der Waals surface area contributed by atoms with E-state index >= 15 is 0 Å². The molecule has 2 N–H and O–H groups in total. The molecule has 0 spiro atoms. The summed E-state index contributed by atoms with van der Waals surface area (Å²) in [6, 6.07) is 2.68. The van der Waals surface area contributed by atoms with Gasteiger partial charge in [0.2, 0.25) is 0 Å². The molecule has 2 heterocycles. The quantitative estimate of drug-likeness (QED) is 0.867. The molecule has 0 aliphatic heterocycles. The largest absolute Gasteiger partial charge is 0.330 e. The molecule has 1 fully saturated rings. The summed E-state index contributed by atoms with van der Waals surface area (Å²) in [6.07, 6.45) is 11.1. The molecule has 0 amide bonds. The van der Waals surface area contributed by atoms with Crippen molar-refractivity contribution >= 4 is 0 Å². The van der Waals surface area contributed by atoms with Crippen LogP contribution in [0.5, 0.6) is 0 Å². The van der Waals surface area contributed by atoms with Gasteiger partial charge in [-0.1, -0.05) is 18.1 Å². The van der Waals surface area contributed by atoms with Gasteiger partial charge in [-0.15, -0.1) is 5.10 Å². The van der Waals surface area contributed by atoms with Gasteiger partial charge in [-0.2, -0.15) is 5.10 Å². The van der Waals surface area contributed by atoms with Gasteiger partial charge in [-0.25, -0.2) is 4.68 Å². The molecule has 1 aliphatic carbocycles. The highest BCUT2D eigenvalue weighted by molar-refractivity contribution is 5.02. The molecule has 0 atom stereocenters. The third-order valence-corrected chi connectivity index (χ3v) is 3.91. The van der Waals surface area contributed by atoms with Gasteiger partial charge in [-0.05, 0) is 38.3 Å². The molecular formula is C14H22N6. The third kappa shape index (κ3) is 3.07. The number of nitrogens with two attached hydrogens (primary N) is 1.